The molecule has 3 N–H and O–H groups in total. The van der Waals surface area contributed by atoms with Crippen molar-refractivity contribution >= 4 is 5.91 Å². The maximum absolute atomic E-state index is 11.9. The number of nitrogens with two attached hydrogens (primary N) is 1. The Morgan fingerprint density at radius 2 is 2.06 bits per heavy atom. The van der Waals surface area contributed by atoms with Crippen LogP contribution in [0.15, 0.2) is 24.3 Å². The fraction of sp³-hybridized carbons (Fsp3) is 0.533. The number of hydrogen-bond donors (Lipinski definition) is 2. The second-order valence-corrected chi connectivity index (χ2v) is 5.20. The summed E-state index contributed by atoms with van der Waals surface area (Å²) >= 11 is 0. The van der Waals surface area contributed by atoms with Crippen molar-refractivity contribution in [3.05, 3.63) is 35.4 Å². The maximum Gasteiger partial charge on any atom is 0.251 e. The molecular formula is C15H22N2O. The second-order valence-electron chi connectivity index (χ2n) is 5.20. The Kier molecular flexibility index (Phi) is 4.37. The number of benzene rings is 1. The number of carbonyl (C=O) groups is 1. The van der Waals surface area contributed by atoms with Crippen molar-refractivity contribution in [3.63, 3.8) is 0 Å². The summed E-state index contributed by atoms with van der Waals surface area (Å²) in [4.78, 5) is 11.9. The number of aryl methyl sites for hydroxylation is 1. The van der Waals surface area contributed by atoms with Gasteiger partial charge < -0.3 is 11.1 Å². The summed E-state index contributed by atoms with van der Waals surface area (Å²) in [6.07, 6.45) is 4.26. The zero-order chi connectivity index (χ0) is 13.0. The fourth-order valence-corrected chi connectivity index (χ4v) is 2.53. The van der Waals surface area contributed by atoms with Crippen molar-refractivity contribution in [3.8, 4) is 0 Å². The van der Waals surface area contributed by atoms with Crippen LogP contribution in [0.5, 0.6) is 0 Å². The highest BCUT2D eigenvalue weighted by Crippen LogP contribution is 2.23. The molecule has 1 aliphatic carbocycles. The molecule has 0 aliphatic heterocycles. The van der Waals surface area contributed by atoms with E-state index in [4.69, 9.17) is 5.73 Å². The van der Waals surface area contributed by atoms with Crippen LogP contribution in [0.3, 0.4) is 0 Å². The monoisotopic (exact) mass is 246 g/mol. The molecule has 0 bridgehead atoms. The Morgan fingerprint density at radius 3 is 2.61 bits per heavy atom. The third kappa shape index (κ3) is 3.33. The quantitative estimate of drug-likeness (QED) is 0.855. The van der Waals surface area contributed by atoms with Gasteiger partial charge >= 0.3 is 0 Å². The van der Waals surface area contributed by atoms with E-state index in [2.05, 4.69) is 12.2 Å². The first-order chi connectivity index (χ1) is 8.69. The lowest BCUT2D eigenvalue weighted by Crippen LogP contribution is -2.29. The summed E-state index contributed by atoms with van der Waals surface area (Å²) in [6.45, 7) is 2.86. The minimum Gasteiger partial charge on any atom is -0.352 e. The largest absolute Gasteiger partial charge is 0.352 e. The SMILES string of the molecule is CCc1ccc(C(=O)NCC2CCC(N)C2)cc1. The lowest BCUT2D eigenvalue weighted by Gasteiger charge is -2.11. The predicted molar refractivity (Wildman–Crippen MR) is 73.5 cm³/mol. The third-order valence-corrected chi connectivity index (χ3v) is 3.76. The number of hydrogen-bond acceptors (Lipinski definition) is 2. The van der Waals surface area contributed by atoms with Crippen molar-refractivity contribution in [2.45, 2.75) is 38.6 Å². The minimum absolute atomic E-state index is 0.0260. The number of rotatable bonds is 4. The van der Waals surface area contributed by atoms with Gasteiger partial charge in [-0.1, -0.05) is 19.1 Å². The molecule has 1 amide bonds. The lowest BCUT2D eigenvalue weighted by molar-refractivity contribution is 0.0947. The van der Waals surface area contributed by atoms with E-state index < -0.39 is 0 Å². The summed E-state index contributed by atoms with van der Waals surface area (Å²) in [5.41, 5.74) is 7.86. The molecule has 1 fully saturated rings. The Bertz CT molecular complexity index is 399. The van der Waals surface area contributed by atoms with Crippen molar-refractivity contribution < 1.29 is 4.79 Å². The standard InChI is InChI=1S/C15H22N2O/c1-2-11-3-6-13(7-4-11)15(18)17-10-12-5-8-14(16)9-12/h3-4,6-7,12,14H,2,5,8-10,16H2,1H3,(H,17,18). The van der Waals surface area contributed by atoms with Crippen molar-refractivity contribution in [1.29, 1.82) is 0 Å². The van der Waals surface area contributed by atoms with Gasteiger partial charge in [-0.2, -0.15) is 0 Å². The van der Waals surface area contributed by atoms with Crippen LogP contribution >= 0.6 is 0 Å². The Labute approximate surface area is 109 Å². The van der Waals surface area contributed by atoms with Crippen LogP contribution in [-0.2, 0) is 6.42 Å². The molecule has 0 radical (unpaired) electrons. The summed E-state index contributed by atoms with van der Waals surface area (Å²) in [7, 11) is 0. The molecular weight excluding hydrogens is 224 g/mol. The van der Waals surface area contributed by atoms with Gasteiger partial charge in [-0.15, -0.1) is 0 Å². The topological polar surface area (TPSA) is 55.1 Å². The summed E-state index contributed by atoms with van der Waals surface area (Å²) in [6, 6.07) is 8.15. The highest BCUT2D eigenvalue weighted by atomic mass is 16.1. The van der Waals surface area contributed by atoms with Gasteiger partial charge in [0.25, 0.3) is 5.91 Å². The zero-order valence-electron chi connectivity index (χ0n) is 11.0. The van der Waals surface area contributed by atoms with E-state index in [1.54, 1.807) is 0 Å². The summed E-state index contributed by atoms with van der Waals surface area (Å²) in [5.74, 6) is 0.581. The average Bonchev–Trinajstić information content (AvgIpc) is 2.82. The molecule has 1 aromatic carbocycles. The molecule has 0 saturated heterocycles. The zero-order valence-corrected chi connectivity index (χ0v) is 11.0. The van der Waals surface area contributed by atoms with Gasteiger partial charge in [-0.25, -0.2) is 0 Å². The predicted octanol–water partition coefficient (Wildman–Crippen LogP) is 2.11. The molecule has 2 unspecified atom stereocenters. The van der Waals surface area contributed by atoms with Crippen LogP contribution < -0.4 is 11.1 Å². The molecule has 1 aliphatic rings. The number of amides is 1. The molecule has 1 aromatic rings. The van der Waals surface area contributed by atoms with E-state index in [9.17, 15) is 4.79 Å². The van der Waals surface area contributed by atoms with Gasteiger partial charge in [-0.3, -0.25) is 4.79 Å². The molecule has 1 saturated carbocycles. The maximum atomic E-state index is 11.9. The highest BCUT2D eigenvalue weighted by Gasteiger charge is 2.21. The van der Waals surface area contributed by atoms with E-state index in [0.29, 0.717) is 12.0 Å². The summed E-state index contributed by atoms with van der Waals surface area (Å²) in [5, 5.41) is 3.00. The van der Waals surface area contributed by atoms with Crippen LogP contribution in [0.25, 0.3) is 0 Å². The van der Waals surface area contributed by atoms with E-state index >= 15 is 0 Å². The molecule has 18 heavy (non-hydrogen) atoms. The Hall–Kier alpha value is -1.35. The van der Waals surface area contributed by atoms with Crippen molar-refractivity contribution in [2.75, 3.05) is 6.54 Å². The van der Waals surface area contributed by atoms with Crippen LogP contribution in [0.1, 0.15) is 42.1 Å². The first-order valence-corrected chi connectivity index (χ1v) is 6.81. The van der Waals surface area contributed by atoms with E-state index in [1.165, 1.54) is 5.56 Å². The minimum atomic E-state index is 0.0260. The van der Waals surface area contributed by atoms with E-state index in [1.807, 2.05) is 24.3 Å². The molecule has 0 spiro atoms. The third-order valence-electron chi connectivity index (χ3n) is 3.76. The van der Waals surface area contributed by atoms with Crippen molar-refractivity contribution in [1.82, 2.24) is 5.32 Å². The molecule has 3 nitrogen and oxygen atoms in total. The van der Waals surface area contributed by atoms with Gasteiger partial charge in [-0.05, 0) is 49.3 Å². The molecule has 98 valence electrons. The normalized spacial score (nSPS) is 23.0. The first-order valence-electron chi connectivity index (χ1n) is 6.81. The van der Waals surface area contributed by atoms with Crippen LogP contribution in [0.2, 0.25) is 0 Å². The molecule has 2 rings (SSSR count). The van der Waals surface area contributed by atoms with E-state index in [-0.39, 0.29) is 5.91 Å². The van der Waals surface area contributed by atoms with Crippen molar-refractivity contribution in [2.24, 2.45) is 11.7 Å². The smallest absolute Gasteiger partial charge is 0.251 e. The number of carbonyl (C=O) groups excluding carboxylic acids is 1. The fourth-order valence-electron chi connectivity index (χ4n) is 2.53. The highest BCUT2D eigenvalue weighted by molar-refractivity contribution is 5.94. The Balaban J connectivity index is 1.83. The van der Waals surface area contributed by atoms with Crippen LogP contribution in [0.4, 0.5) is 0 Å². The van der Waals surface area contributed by atoms with Gasteiger partial charge in [0.15, 0.2) is 0 Å². The van der Waals surface area contributed by atoms with Crippen LogP contribution in [0, 0.1) is 5.92 Å². The first kappa shape index (κ1) is 13.1. The summed E-state index contributed by atoms with van der Waals surface area (Å²) < 4.78 is 0. The van der Waals surface area contributed by atoms with Gasteiger partial charge in [0.2, 0.25) is 0 Å². The van der Waals surface area contributed by atoms with Gasteiger partial charge in [0.1, 0.15) is 0 Å². The molecule has 0 heterocycles. The Morgan fingerprint density at radius 1 is 1.33 bits per heavy atom. The number of nitrogens with one attached hydrogen (secondary N) is 1. The van der Waals surface area contributed by atoms with Gasteiger partial charge in [0, 0.05) is 18.2 Å². The molecule has 2 atom stereocenters. The van der Waals surface area contributed by atoms with Gasteiger partial charge in [0.05, 0.1) is 0 Å². The lowest BCUT2D eigenvalue weighted by atomic mass is 10.1. The van der Waals surface area contributed by atoms with E-state index in [0.717, 1.165) is 37.8 Å². The molecule has 3 heteroatoms. The van der Waals surface area contributed by atoms with Crippen LogP contribution in [-0.4, -0.2) is 18.5 Å². The average molecular weight is 246 g/mol. The molecule has 0 aromatic heterocycles. The second kappa shape index (κ2) is 6.01.